The molecule has 0 amide bonds. The lowest BCUT2D eigenvalue weighted by molar-refractivity contribution is 0.0954. The summed E-state index contributed by atoms with van der Waals surface area (Å²) in [6.07, 6.45) is -0.401. The average molecular weight is 237 g/mol. The second-order valence-corrected chi connectivity index (χ2v) is 4.79. The zero-order chi connectivity index (χ0) is 12.9. The van der Waals surface area contributed by atoms with E-state index >= 15 is 0 Å². The lowest BCUT2D eigenvalue weighted by atomic mass is 9.98. The van der Waals surface area contributed by atoms with Crippen LogP contribution in [0, 0.1) is 0 Å². The highest BCUT2D eigenvalue weighted by Crippen LogP contribution is 2.19. The van der Waals surface area contributed by atoms with Crippen LogP contribution in [0.5, 0.6) is 5.75 Å². The van der Waals surface area contributed by atoms with Gasteiger partial charge in [-0.1, -0.05) is 18.2 Å². The zero-order valence-electron chi connectivity index (χ0n) is 11.2. The first-order chi connectivity index (χ1) is 7.97. The van der Waals surface area contributed by atoms with E-state index in [9.17, 15) is 5.11 Å². The number of ether oxygens (including phenoxy) is 1. The van der Waals surface area contributed by atoms with Crippen LogP contribution in [-0.2, 0) is 6.54 Å². The Labute approximate surface area is 104 Å². The summed E-state index contributed by atoms with van der Waals surface area (Å²) in [7, 11) is 0. The minimum absolute atomic E-state index is 0.306. The van der Waals surface area contributed by atoms with E-state index in [1.807, 2.05) is 45.0 Å². The monoisotopic (exact) mass is 237 g/mol. The Balaban J connectivity index is 2.69. The first kappa shape index (κ1) is 14.0. The van der Waals surface area contributed by atoms with Crippen molar-refractivity contribution < 1.29 is 9.84 Å². The molecular formula is C14H23NO2. The molecule has 3 nitrogen and oxygen atoms in total. The maximum atomic E-state index is 9.64. The summed E-state index contributed by atoms with van der Waals surface area (Å²) in [5.74, 6) is 0.906. The van der Waals surface area contributed by atoms with Gasteiger partial charge in [0.25, 0.3) is 0 Å². The number of hydrogen-bond donors (Lipinski definition) is 2. The first-order valence-electron chi connectivity index (χ1n) is 6.11. The third-order valence-electron chi connectivity index (χ3n) is 3.05. The molecule has 0 bridgehead atoms. The van der Waals surface area contributed by atoms with Gasteiger partial charge in [-0.25, -0.2) is 0 Å². The van der Waals surface area contributed by atoms with Gasteiger partial charge < -0.3 is 15.2 Å². The molecule has 0 saturated carbocycles. The van der Waals surface area contributed by atoms with E-state index < -0.39 is 6.10 Å². The molecule has 1 rings (SSSR count). The summed E-state index contributed by atoms with van der Waals surface area (Å²) in [6.45, 7) is 9.10. The molecule has 0 radical (unpaired) electrons. The zero-order valence-corrected chi connectivity index (χ0v) is 11.2. The van der Waals surface area contributed by atoms with Crippen LogP contribution in [0.15, 0.2) is 24.3 Å². The molecule has 0 spiro atoms. The topological polar surface area (TPSA) is 41.5 Å². The molecular weight excluding hydrogens is 214 g/mol. The molecule has 1 unspecified atom stereocenters. The normalized spacial score (nSPS) is 13.5. The molecule has 2 N–H and O–H groups in total. The molecule has 0 aliphatic carbocycles. The highest BCUT2D eigenvalue weighted by Gasteiger charge is 2.23. The van der Waals surface area contributed by atoms with Gasteiger partial charge in [0.2, 0.25) is 0 Å². The highest BCUT2D eigenvalue weighted by molar-refractivity contribution is 5.33. The fourth-order valence-corrected chi connectivity index (χ4v) is 1.42. The lowest BCUT2D eigenvalue weighted by Crippen LogP contribution is -2.47. The Morgan fingerprint density at radius 2 is 2.00 bits per heavy atom. The van der Waals surface area contributed by atoms with Crippen molar-refractivity contribution in [2.45, 2.75) is 45.9 Å². The largest absolute Gasteiger partial charge is 0.494 e. The van der Waals surface area contributed by atoms with Crippen molar-refractivity contribution in [2.24, 2.45) is 0 Å². The Kier molecular flexibility index (Phi) is 4.97. The summed E-state index contributed by atoms with van der Waals surface area (Å²) >= 11 is 0. The van der Waals surface area contributed by atoms with Gasteiger partial charge in [0, 0.05) is 17.6 Å². The average Bonchev–Trinajstić information content (AvgIpc) is 2.28. The van der Waals surface area contributed by atoms with Gasteiger partial charge in [-0.05, 0) is 33.8 Å². The lowest BCUT2D eigenvalue weighted by Gasteiger charge is -2.29. The number of aliphatic hydroxyl groups excluding tert-OH is 1. The molecule has 3 heteroatoms. The van der Waals surface area contributed by atoms with Crippen molar-refractivity contribution in [1.29, 1.82) is 0 Å². The van der Waals surface area contributed by atoms with Crippen molar-refractivity contribution in [1.82, 2.24) is 5.32 Å². The minimum atomic E-state index is -0.401. The van der Waals surface area contributed by atoms with E-state index in [-0.39, 0.29) is 5.54 Å². The second kappa shape index (κ2) is 6.03. The molecule has 1 aromatic carbocycles. The number of aliphatic hydroxyl groups is 1. The number of para-hydroxylation sites is 1. The van der Waals surface area contributed by atoms with Gasteiger partial charge in [0.15, 0.2) is 0 Å². The Hall–Kier alpha value is -1.06. The van der Waals surface area contributed by atoms with Crippen molar-refractivity contribution in [2.75, 3.05) is 6.61 Å². The van der Waals surface area contributed by atoms with Gasteiger partial charge in [-0.3, -0.25) is 0 Å². The molecule has 0 saturated heterocycles. The quantitative estimate of drug-likeness (QED) is 0.798. The minimum Gasteiger partial charge on any atom is -0.494 e. The molecule has 0 aromatic heterocycles. The van der Waals surface area contributed by atoms with Gasteiger partial charge in [-0.2, -0.15) is 0 Å². The maximum Gasteiger partial charge on any atom is 0.123 e. The van der Waals surface area contributed by atoms with Crippen molar-refractivity contribution in [3.63, 3.8) is 0 Å². The van der Waals surface area contributed by atoms with E-state index in [2.05, 4.69) is 5.32 Å². The molecule has 0 fully saturated rings. The predicted molar refractivity (Wildman–Crippen MR) is 70.2 cm³/mol. The summed E-state index contributed by atoms with van der Waals surface area (Å²) in [5.41, 5.74) is 0.808. The highest BCUT2D eigenvalue weighted by atomic mass is 16.5. The van der Waals surface area contributed by atoms with Crippen LogP contribution < -0.4 is 10.1 Å². The van der Waals surface area contributed by atoms with E-state index in [1.54, 1.807) is 6.92 Å². The number of nitrogens with one attached hydrogen (secondary N) is 1. The molecule has 0 aliphatic rings. The van der Waals surface area contributed by atoms with E-state index in [1.165, 1.54) is 0 Å². The molecule has 0 heterocycles. The third kappa shape index (κ3) is 4.02. The van der Waals surface area contributed by atoms with E-state index in [4.69, 9.17) is 4.74 Å². The maximum absolute atomic E-state index is 9.64. The van der Waals surface area contributed by atoms with Gasteiger partial charge in [0.05, 0.1) is 12.7 Å². The summed E-state index contributed by atoms with van der Waals surface area (Å²) in [5, 5.41) is 13.0. The van der Waals surface area contributed by atoms with Crippen LogP contribution in [-0.4, -0.2) is 23.4 Å². The van der Waals surface area contributed by atoms with Crippen LogP contribution in [0.2, 0.25) is 0 Å². The van der Waals surface area contributed by atoms with Gasteiger partial charge in [-0.15, -0.1) is 0 Å². The van der Waals surface area contributed by atoms with Crippen molar-refractivity contribution in [3.05, 3.63) is 29.8 Å². The van der Waals surface area contributed by atoms with Crippen molar-refractivity contribution in [3.8, 4) is 5.75 Å². The first-order valence-corrected chi connectivity index (χ1v) is 6.11. The van der Waals surface area contributed by atoms with E-state index in [0.717, 1.165) is 11.3 Å². The fourth-order valence-electron chi connectivity index (χ4n) is 1.42. The van der Waals surface area contributed by atoms with Crippen LogP contribution >= 0.6 is 0 Å². The van der Waals surface area contributed by atoms with Crippen molar-refractivity contribution >= 4 is 0 Å². The molecule has 1 atom stereocenters. The third-order valence-corrected chi connectivity index (χ3v) is 3.05. The summed E-state index contributed by atoms with van der Waals surface area (Å²) < 4.78 is 5.56. The standard InChI is InChI=1S/C14H23NO2/c1-5-17-13-9-7-6-8-12(13)10-15-14(3,4)11(2)16/h6-9,11,15-16H,5,10H2,1-4H3. The van der Waals surface area contributed by atoms with Gasteiger partial charge >= 0.3 is 0 Å². The van der Waals surface area contributed by atoms with Crippen LogP contribution in [0.3, 0.4) is 0 Å². The Morgan fingerprint density at radius 1 is 1.35 bits per heavy atom. The Morgan fingerprint density at radius 3 is 2.59 bits per heavy atom. The van der Waals surface area contributed by atoms with E-state index in [0.29, 0.717) is 13.2 Å². The number of benzene rings is 1. The predicted octanol–water partition coefficient (Wildman–Crippen LogP) is 2.33. The molecule has 96 valence electrons. The summed E-state index contributed by atoms with van der Waals surface area (Å²) in [6, 6.07) is 7.97. The summed E-state index contributed by atoms with van der Waals surface area (Å²) in [4.78, 5) is 0. The smallest absolute Gasteiger partial charge is 0.123 e. The van der Waals surface area contributed by atoms with Crippen LogP contribution in [0.25, 0.3) is 0 Å². The molecule has 17 heavy (non-hydrogen) atoms. The fraction of sp³-hybridized carbons (Fsp3) is 0.571. The van der Waals surface area contributed by atoms with Crippen LogP contribution in [0.1, 0.15) is 33.3 Å². The van der Waals surface area contributed by atoms with Gasteiger partial charge in [0.1, 0.15) is 5.75 Å². The molecule has 0 aliphatic heterocycles. The second-order valence-electron chi connectivity index (χ2n) is 4.79. The SMILES string of the molecule is CCOc1ccccc1CNC(C)(C)C(C)O. The Bertz CT molecular complexity index is 348. The molecule has 1 aromatic rings. The number of rotatable bonds is 6. The van der Waals surface area contributed by atoms with Crippen LogP contribution in [0.4, 0.5) is 0 Å². The number of hydrogen-bond acceptors (Lipinski definition) is 3.